The molecular weight excluding hydrogens is 330 g/mol. The SMILES string of the molecule is Cc1ccc(S(=O)(=O)NCc2nc3ccc(C(=O)O)cc3[nH]2)cc1. The van der Waals surface area contributed by atoms with Crippen LogP contribution in [0.2, 0.25) is 0 Å². The van der Waals surface area contributed by atoms with Crippen LogP contribution in [-0.2, 0) is 16.6 Å². The highest BCUT2D eigenvalue weighted by atomic mass is 32.2. The Morgan fingerprint density at radius 3 is 2.58 bits per heavy atom. The van der Waals surface area contributed by atoms with Crippen LogP contribution >= 0.6 is 0 Å². The molecule has 0 saturated heterocycles. The number of aryl methyl sites for hydroxylation is 1. The number of carbonyl (C=O) groups is 1. The molecule has 0 bridgehead atoms. The van der Waals surface area contributed by atoms with Crippen LogP contribution in [0.4, 0.5) is 0 Å². The third kappa shape index (κ3) is 3.29. The highest BCUT2D eigenvalue weighted by Crippen LogP contribution is 2.15. The van der Waals surface area contributed by atoms with E-state index in [0.29, 0.717) is 16.9 Å². The Morgan fingerprint density at radius 2 is 1.92 bits per heavy atom. The third-order valence-electron chi connectivity index (χ3n) is 3.54. The molecule has 0 spiro atoms. The Bertz CT molecular complexity index is 1010. The summed E-state index contributed by atoms with van der Waals surface area (Å²) >= 11 is 0. The largest absolute Gasteiger partial charge is 0.478 e. The minimum absolute atomic E-state index is 0.0205. The molecule has 0 aliphatic rings. The van der Waals surface area contributed by atoms with Gasteiger partial charge in [0.2, 0.25) is 10.0 Å². The maximum absolute atomic E-state index is 12.2. The molecule has 2 aromatic carbocycles. The van der Waals surface area contributed by atoms with Gasteiger partial charge in [-0.15, -0.1) is 0 Å². The third-order valence-corrected chi connectivity index (χ3v) is 4.96. The standard InChI is InChI=1S/C16H15N3O4S/c1-10-2-5-12(6-3-10)24(22,23)17-9-15-18-13-7-4-11(16(20)21)8-14(13)19-15/h2-8,17H,9H2,1H3,(H,18,19)(H,20,21). The van der Waals surface area contributed by atoms with E-state index in [4.69, 9.17) is 5.11 Å². The Kier molecular flexibility index (Phi) is 4.08. The molecule has 3 aromatic rings. The van der Waals surface area contributed by atoms with Crippen molar-refractivity contribution in [1.82, 2.24) is 14.7 Å². The maximum Gasteiger partial charge on any atom is 0.335 e. The minimum atomic E-state index is -3.64. The molecule has 0 saturated carbocycles. The molecule has 124 valence electrons. The average Bonchev–Trinajstić information content (AvgIpc) is 2.95. The lowest BCUT2D eigenvalue weighted by Crippen LogP contribution is -2.23. The van der Waals surface area contributed by atoms with Crippen molar-refractivity contribution in [2.45, 2.75) is 18.4 Å². The summed E-state index contributed by atoms with van der Waals surface area (Å²) in [4.78, 5) is 18.3. The van der Waals surface area contributed by atoms with Crippen LogP contribution in [0.3, 0.4) is 0 Å². The van der Waals surface area contributed by atoms with Crippen LogP contribution in [0.5, 0.6) is 0 Å². The molecule has 0 radical (unpaired) electrons. The summed E-state index contributed by atoms with van der Waals surface area (Å²) < 4.78 is 27.0. The number of hydrogen-bond acceptors (Lipinski definition) is 4. The summed E-state index contributed by atoms with van der Waals surface area (Å²) in [6.45, 7) is 1.86. The number of aromatic nitrogens is 2. The summed E-state index contributed by atoms with van der Waals surface area (Å²) in [5.74, 6) is -0.628. The molecule has 0 aliphatic carbocycles. The number of rotatable bonds is 5. The van der Waals surface area contributed by atoms with Crippen molar-refractivity contribution in [3.63, 3.8) is 0 Å². The molecule has 24 heavy (non-hydrogen) atoms. The van der Waals surface area contributed by atoms with Crippen molar-refractivity contribution in [2.24, 2.45) is 0 Å². The number of aromatic carboxylic acids is 1. The first-order valence-electron chi connectivity index (χ1n) is 7.13. The van der Waals surface area contributed by atoms with Gasteiger partial charge in [0.15, 0.2) is 0 Å². The average molecular weight is 345 g/mol. The molecule has 3 rings (SSSR count). The van der Waals surface area contributed by atoms with E-state index in [-0.39, 0.29) is 17.0 Å². The summed E-state index contributed by atoms with van der Waals surface area (Å²) in [7, 11) is -3.64. The first-order valence-corrected chi connectivity index (χ1v) is 8.62. The predicted molar refractivity (Wildman–Crippen MR) is 88.3 cm³/mol. The Labute approximate surface area is 138 Å². The van der Waals surface area contributed by atoms with E-state index in [9.17, 15) is 13.2 Å². The predicted octanol–water partition coefficient (Wildman–Crippen LogP) is 2.05. The van der Waals surface area contributed by atoms with Gasteiger partial charge in [0, 0.05) is 0 Å². The van der Waals surface area contributed by atoms with Crippen molar-refractivity contribution in [2.75, 3.05) is 0 Å². The highest BCUT2D eigenvalue weighted by Gasteiger charge is 2.15. The van der Waals surface area contributed by atoms with Gasteiger partial charge in [0.1, 0.15) is 5.82 Å². The van der Waals surface area contributed by atoms with Crippen molar-refractivity contribution in [3.8, 4) is 0 Å². The number of fused-ring (bicyclic) bond motifs is 1. The molecule has 0 fully saturated rings. The van der Waals surface area contributed by atoms with Crippen molar-refractivity contribution in [1.29, 1.82) is 0 Å². The maximum atomic E-state index is 12.2. The lowest BCUT2D eigenvalue weighted by molar-refractivity contribution is 0.0697. The quantitative estimate of drug-likeness (QED) is 0.655. The van der Waals surface area contributed by atoms with E-state index in [1.807, 2.05) is 6.92 Å². The Morgan fingerprint density at radius 1 is 1.21 bits per heavy atom. The van der Waals surface area contributed by atoms with Crippen LogP contribution < -0.4 is 4.72 Å². The zero-order valence-corrected chi connectivity index (χ0v) is 13.6. The normalized spacial score (nSPS) is 11.7. The number of H-pyrrole nitrogens is 1. The zero-order chi connectivity index (χ0) is 17.3. The lowest BCUT2D eigenvalue weighted by atomic mass is 10.2. The van der Waals surface area contributed by atoms with E-state index >= 15 is 0 Å². The number of benzene rings is 2. The van der Waals surface area contributed by atoms with Crippen LogP contribution in [0.25, 0.3) is 11.0 Å². The highest BCUT2D eigenvalue weighted by molar-refractivity contribution is 7.89. The molecule has 7 nitrogen and oxygen atoms in total. The lowest BCUT2D eigenvalue weighted by Gasteiger charge is -2.05. The topological polar surface area (TPSA) is 112 Å². The zero-order valence-electron chi connectivity index (χ0n) is 12.8. The first-order chi connectivity index (χ1) is 11.3. The van der Waals surface area contributed by atoms with E-state index < -0.39 is 16.0 Å². The van der Waals surface area contributed by atoms with Crippen molar-refractivity contribution < 1.29 is 18.3 Å². The fraction of sp³-hybridized carbons (Fsp3) is 0.125. The number of nitrogens with zero attached hydrogens (tertiary/aromatic N) is 1. The molecule has 1 aromatic heterocycles. The van der Waals surface area contributed by atoms with Gasteiger partial charge in [0.05, 0.1) is 28.0 Å². The number of nitrogens with one attached hydrogen (secondary N) is 2. The van der Waals surface area contributed by atoms with Crippen LogP contribution in [0, 0.1) is 6.92 Å². The van der Waals surface area contributed by atoms with Gasteiger partial charge in [-0.05, 0) is 37.3 Å². The van der Waals surface area contributed by atoms with Gasteiger partial charge >= 0.3 is 5.97 Å². The van der Waals surface area contributed by atoms with Gasteiger partial charge < -0.3 is 10.1 Å². The van der Waals surface area contributed by atoms with Crippen molar-refractivity contribution >= 4 is 27.0 Å². The van der Waals surface area contributed by atoms with E-state index in [1.165, 1.54) is 24.3 Å². The summed E-state index contributed by atoms with van der Waals surface area (Å²) in [5.41, 5.74) is 2.22. The van der Waals surface area contributed by atoms with Gasteiger partial charge in [-0.1, -0.05) is 17.7 Å². The van der Waals surface area contributed by atoms with Gasteiger partial charge in [-0.3, -0.25) is 0 Å². The molecule has 8 heteroatoms. The smallest absolute Gasteiger partial charge is 0.335 e. The molecule has 0 unspecified atom stereocenters. The second-order valence-corrected chi connectivity index (χ2v) is 7.13. The fourth-order valence-electron chi connectivity index (χ4n) is 2.24. The molecular formula is C16H15N3O4S. The van der Waals surface area contributed by atoms with E-state index in [0.717, 1.165) is 5.56 Å². The summed E-state index contributed by atoms with van der Waals surface area (Å²) in [5, 5.41) is 8.98. The van der Waals surface area contributed by atoms with Crippen LogP contribution in [0.15, 0.2) is 47.4 Å². The number of imidazole rings is 1. The minimum Gasteiger partial charge on any atom is -0.478 e. The van der Waals surface area contributed by atoms with Gasteiger partial charge in [-0.25, -0.2) is 22.9 Å². The molecule has 0 atom stereocenters. The number of sulfonamides is 1. The Balaban J connectivity index is 1.80. The van der Waals surface area contributed by atoms with Gasteiger partial charge in [0.25, 0.3) is 0 Å². The summed E-state index contributed by atoms with van der Waals surface area (Å²) in [6.07, 6.45) is 0. The van der Waals surface area contributed by atoms with Crippen LogP contribution in [-0.4, -0.2) is 29.5 Å². The fourth-order valence-corrected chi connectivity index (χ4v) is 3.23. The van der Waals surface area contributed by atoms with E-state index in [2.05, 4.69) is 14.7 Å². The molecule has 1 heterocycles. The first kappa shape index (κ1) is 16.2. The van der Waals surface area contributed by atoms with E-state index in [1.54, 1.807) is 18.2 Å². The molecule has 3 N–H and O–H groups in total. The number of aromatic amines is 1. The number of carboxylic acid groups (broad SMARTS) is 1. The summed E-state index contributed by atoms with van der Waals surface area (Å²) in [6, 6.07) is 11.0. The monoisotopic (exact) mass is 345 g/mol. The number of carboxylic acids is 1. The van der Waals surface area contributed by atoms with Gasteiger partial charge in [-0.2, -0.15) is 0 Å². The second-order valence-electron chi connectivity index (χ2n) is 5.36. The Hall–Kier alpha value is -2.71. The molecule has 0 amide bonds. The second kappa shape index (κ2) is 6.06. The van der Waals surface area contributed by atoms with Crippen LogP contribution in [0.1, 0.15) is 21.7 Å². The van der Waals surface area contributed by atoms with Crippen molar-refractivity contribution in [3.05, 3.63) is 59.4 Å². The molecule has 0 aliphatic heterocycles. The number of hydrogen-bond donors (Lipinski definition) is 3.